The van der Waals surface area contributed by atoms with E-state index in [4.69, 9.17) is 49.7 Å². The quantitative estimate of drug-likeness (QED) is 0.0633. The van der Waals surface area contributed by atoms with Crippen LogP contribution in [0.1, 0.15) is 244 Å². The van der Waals surface area contributed by atoms with E-state index in [0.717, 1.165) is 129 Å². The first kappa shape index (κ1) is 70.3. The van der Waals surface area contributed by atoms with Gasteiger partial charge in [-0.2, -0.15) is 0 Å². The molecule has 0 spiro atoms. The van der Waals surface area contributed by atoms with Crippen molar-refractivity contribution in [2.24, 2.45) is 17.8 Å². The van der Waals surface area contributed by atoms with Crippen molar-refractivity contribution in [2.45, 2.75) is 303 Å². The van der Waals surface area contributed by atoms with Crippen molar-refractivity contribution in [2.75, 3.05) is 0 Å². The summed E-state index contributed by atoms with van der Waals surface area (Å²) in [6.07, 6.45) is 14.2. The second kappa shape index (κ2) is 47.7. The fraction of sp³-hybridized carbons (Fsp3) is 0.471. The van der Waals surface area contributed by atoms with Crippen LogP contribution in [0.15, 0.2) is 134 Å². The third kappa shape index (κ3) is 32.2. The van der Waals surface area contributed by atoms with Crippen LogP contribution in [0.25, 0.3) is 56.3 Å². The van der Waals surface area contributed by atoms with E-state index in [1.165, 1.54) is 48.5 Å². The molecule has 5 aromatic heterocycles. The van der Waals surface area contributed by atoms with Gasteiger partial charge in [0.05, 0.1) is 40.4 Å². The molecule has 5 radical (unpaired) electrons. The van der Waals surface area contributed by atoms with Crippen LogP contribution in [0.4, 0.5) is 0 Å². The topological polar surface area (TPSA) is 64.5 Å². The maximum absolute atomic E-state index is 9.13. The number of hydrogen-bond acceptors (Lipinski definition) is 5. The minimum absolute atomic E-state index is 0. The van der Waals surface area contributed by atoms with E-state index in [-0.39, 0.29) is 191 Å². The maximum Gasteiger partial charge on any atom is 0.0799 e. The molecule has 655 valence electrons. The van der Waals surface area contributed by atoms with Crippen LogP contribution >= 0.6 is 0 Å². The van der Waals surface area contributed by atoms with Crippen LogP contribution in [0, 0.1) is 96.0 Å². The van der Waals surface area contributed by atoms with Gasteiger partial charge in [0, 0.05) is 171 Å². The van der Waals surface area contributed by atoms with Gasteiger partial charge in [-0.05, 0) is 115 Å². The third-order valence-corrected chi connectivity index (χ3v) is 30.5. The number of benzene rings is 5. The maximum atomic E-state index is 9.13. The van der Waals surface area contributed by atoms with Crippen LogP contribution in [0.2, 0.25) is 98.2 Å². The zero-order valence-electron chi connectivity index (χ0n) is 103. The first-order valence-corrected chi connectivity index (χ1v) is 57.8. The molecule has 0 unspecified atom stereocenters. The average Bonchev–Trinajstić information content (AvgIpc) is 1.11. The van der Waals surface area contributed by atoms with Crippen molar-refractivity contribution < 1.29 is 140 Å². The van der Waals surface area contributed by atoms with E-state index in [2.05, 4.69) is 157 Å². The Morgan fingerprint density at radius 3 is 1.12 bits per heavy atom. The fourth-order valence-corrected chi connectivity index (χ4v) is 21.1. The van der Waals surface area contributed by atoms with E-state index in [9.17, 15) is 0 Å². The molecule has 5 nitrogen and oxygen atoms in total. The molecule has 0 aliphatic heterocycles. The molecule has 2 aliphatic rings. The van der Waals surface area contributed by atoms with E-state index in [1.54, 1.807) is 52.2 Å². The number of rotatable bonds is 18. The molecule has 12 rings (SSSR count). The number of pyridine rings is 5. The molecule has 2 aliphatic carbocycles. The van der Waals surface area contributed by atoms with Gasteiger partial charge in [0.1, 0.15) is 0 Å². The predicted octanol–water partition coefficient (Wildman–Crippen LogP) is 26.2. The van der Waals surface area contributed by atoms with E-state index in [0.29, 0.717) is 16.4 Å². The predicted molar refractivity (Wildman–Crippen MR) is 512 cm³/mol. The Balaban J connectivity index is 0.000000471. The number of nitrogens with zero attached hydrogens (tertiary/aromatic N) is 5. The molecule has 2 fully saturated rings. The van der Waals surface area contributed by atoms with Gasteiger partial charge < -0.3 is 24.9 Å². The van der Waals surface area contributed by atoms with Gasteiger partial charge in [-0.1, -0.05) is 318 Å². The van der Waals surface area contributed by atoms with Crippen molar-refractivity contribution in [3.8, 4) is 56.3 Å². The summed E-state index contributed by atoms with van der Waals surface area (Å²) in [5.74, 6) is -1.69. The number of aryl methyl sites for hydroxylation is 7. The summed E-state index contributed by atoms with van der Waals surface area (Å²) in [6, 6.07) is 43.0. The zero-order valence-corrected chi connectivity index (χ0v) is 91.2. The van der Waals surface area contributed by atoms with Crippen LogP contribution in [0.5, 0.6) is 0 Å². The Morgan fingerprint density at radius 2 is 0.739 bits per heavy atom. The number of aromatic nitrogens is 5. The zero-order chi connectivity index (χ0) is 109. The summed E-state index contributed by atoms with van der Waals surface area (Å²) in [6.45, 7) is 32.6. The van der Waals surface area contributed by atoms with Gasteiger partial charge in [0.25, 0.3) is 0 Å². The van der Waals surface area contributed by atoms with E-state index in [1.807, 2.05) is 82.3 Å². The molecule has 2 saturated carbocycles. The van der Waals surface area contributed by atoms with Crippen molar-refractivity contribution in [3.63, 3.8) is 0 Å². The summed E-state index contributed by atoms with van der Waals surface area (Å²) in [5, 5.41) is 4.87. The smallest absolute Gasteiger partial charge is 0.0799 e. The number of hydrogen-bond donors (Lipinski definition) is 0. The van der Waals surface area contributed by atoms with Gasteiger partial charge in [-0.15, -0.1) is 175 Å². The van der Waals surface area contributed by atoms with Crippen molar-refractivity contribution in [3.05, 3.63) is 237 Å². The standard InChI is InChI=1S/C25H36NSi.C23H32NSi.C20H28NSi.C19H26NSi.C17H22NSi.5Ir/c1-25(2,3)22-14-10-13-20(16-22)23-17-21(15-19-11-8-7-9-12-19)24(18-26-23)27(4,5)6;1-17(2)19-11-8-12-20(14-19)22-15-21(13-18-9-6-7-10-18)23(16-24-22)25(3,4)5;1-14(2)10-17-12-19(21-13-20(17)22(5,6)7)18-9-8-15(3)11-16(18)4;1-13(2)17-11-18(20-12-19(17)21(5,6)7)16-9-8-14(3)10-15(16)4;1-12-7-8-15(13(2)9-12)16-10-14(3)17(11-18-16)19(4,5)6;;;;;/h10,14,16-19H,7-9,11-12,15H2,1-6H3;8,11,14-18H,6-7,9-10,13H2,1-5H3;8,11-14H,10H2,1-7H3;8,10-13H,1-7H3;7,9-11H,1-6H3;;;;;/q5*-1;;;;;/i15D2;13D2,17D;3D3,4D3,10D2;3D3,4D3,13D;1D3,2D3,3D3;;;;;. The van der Waals surface area contributed by atoms with Crippen LogP contribution < -0.4 is 25.9 Å². The third-order valence-electron chi connectivity index (χ3n) is 20.4. The Labute approximate surface area is 838 Å². The largest absolute Gasteiger partial charge is 0.305 e. The van der Waals surface area contributed by atoms with E-state index >= 15 is 0 Å². The molecule has 10 aromatic rings. The first-order chi connectivity index (χ1) is 64.5. The van der Waals surface area contributed by atoms with Gasteiger partial charge in [0.15, 0.2) is 0 Å². The Bertz CT molecular complexity index is 5970. The summed E-state index contributed by atoms with van der Waals surface area (Å²) in [5.41, 5.74) is 9.32. The SMILES string of the molecule is [2H]C(C)(C)c1cc[c-]c(-c2cc(C([2H])([2H])C3CCCC3)c([Si](C)(C)C)cn2)c1.[2H]C([2H])([2H])c1c[c-]c(-c2cc(C([2H])(C)C)c([Si](C)(C)C)cn2)c(C([2H])([2H])[2H])c1.[2H]C([2H])([2H])c1c[c-]c(-c2cc(C([2H])([2H])C(C)C)c([Si](C)(C)C)cn2)c(C([2H])([2H])[2H])c1.[2H]C([2H])([2H])c1c[c-]c(-c2cc(C([2H])([2H])[2H])c([Si](C)(C)C)cn2)c(C([2H])([2H])[2H])c1.[2H]C([2H])(c1cc(-c2[c-]ccc(C(C)(C)C)c2)ncc1[Si](C)(C)C)C1CCCCC1.[Ir].[Ir].[Ir].[Ir].[Ir]. The minimum Gasteiger partial charge on any atom is -0.305 e. The average molecular weight is 2600 g/mol. The summed E-state index contributed by atoms with van der Waals surface area (Å²) in [4.78, 5) is 22.8. The molecule has 0 N–H and O–H groups in total. The molecule has 119 heavy (non-hydrogen) atoms. The molecule has 0 bridgehead atoms. The van der Waals surface area contributed by atoms with Crippen molar-refractivity contribution in [1.29, 1.82) is 0 Å². The molecule has 0 amide bonds. The Hall–Kier alpha value is -3.82. The second-order valence-electron chi connectivity index (χ2n) is 37.5. The fourth-order valence-electron chi connectivity index (χ4n) is 13.9. The molecular formula is C104H144Ir5N5Si5-5. The van der Waals surface area contributed by atoms with Crippen LogP contribution in [0.3, 0.4) is 0 Å². The van der Waals surface area contributed by atoms with Gasteiger partial charge in [0.2, 0.25) is 0 Å². The molecule has 5 heterocycles. The van der Waals surface area contributed by atoms with Crippen LogP contribution in [-0.2, 0) is 125 Å². The minimum atomic E-state index is -2.60. The van der Waals surface area contributed by atoms with Gasteiger partial charge >= 0.3 is 0 Å². The summed E-state index contributed by atoms with van der Waals surface area (Å²) in [7, 11) is -9.20. The monoisotopic (exact) mass is 2600 g/mol. The van der Waals surface area contributed by atoms with Gasteiger partial charge in [-0.3, -0.25) is 0 Å². The van der Waals surface area contributed by atoms with Crippen molar-refractivity contribution in [1.82, 2.24) is 24.9 Å². The second-order valence-corrected chi connectivity index (χ2v) is 62.7. The van der Waals surface area contributed by atoms with E-state index < -0.39 is 119 Å². The molecule has 0 saturated heterocycles. The normalized spacial score (nSPS) is 18.2. The van der Waals surface area contributed by atoms with Crippen molar-refractivity contribution >= 4 is 66.3 Å². The Kier molecular flexibility index (Phi) is 28.1. The van der Waals surface area contributed by atoms with Crippen LogP contribution in [-0.4, -0.2) is 65.3 Å². The molecule has 0 atom stereocenters. The molecular weight excluding hydrogens is 2420 g/mol. The Morgan fingerprint density at radius 1 is 0.387 bits per heavy atom. The summed E-state index contributed by atoms with van der Waals surface area (Å²) < 4.78 is 233. The molecule has 5 aromatic carbocycles. The molecule has 15 heteroatoms. The first-order valence-electron chi connectivity index (χ1n) is 54.8. The summed E-state index contributed by atoms with van der Waals surface area (Å²) >= 11 is 0. The van der Waals surface area contributed by atoms with Gasteiger partial charge in [-0.25, -0.2) is 0 Å².